The first-order chi connectivity index (χ1) is 30.6. The van der Waals surface area contributed by atoms with Crippen LogP contribution in [0.25, 0.3) is 0 Å². The normalized spacial score (nSPS) is 13.8. The second kappa shape index (κ2) is 50.6. The van der Waals surface area contributed by atoms with Gasteiger partial charge in [0.25, 0.3) is 0 Å². The summed E-state index contributed by atoms with van der Waals surface area (Å²) in [5, 5.41) is 9.58. The summed E-state index contributed by atoms with van der Waals surface area (Å²) >= 11 is 0. The van der Waals surface area contributed by atoms with Crippen molar-refractivity contribution in [1.82, 2.24) is 0 Å². The van der Waals surface area contributed by atoms with Gasteiger partial charge < -0.3 is 14.6 Å². The fourth-order valence-corrected chi connectivity index (χ4v) is 5.56. The lowest BCUT2D eigenvalue weighted by atomic mass is 10.1. The molecular weight excluding hydrogens is 765 g/mol. The highest BCUT2D eigenvalue weighted by atomic mass is 16.6. The van der Waals surface area contributed by atoms with Gasteiger partial charge in [-0.25, -0.2) is 0 Å². The third kappa shape index (κ3) is 47.9. The van der Waals surface area contributed by atoms with Crippen molar-refractivity contribution in [1.29, 1.82) is 0 Å². The van der Waals surface area contributed by atoms with E-state index in [1.165, 1.54) is 0 Å². The van der Waals surface area contributed by atoms with Gasteiger partial charge in [0.05, 0.1) is 13.0 Å². The number of carbonyl (C=O) groups is 2. The number of ether oxygens (including phenoxy) is 2. The smallest absolute Gasteiger partial charge is 0.309 e. The second-order valence-corrected chi connectivity index (χ2v) is 14.7. The van der Waals surface area contributed by atoms with Crippen LogP contribution in [0.2, 0.25) is 0 Å². The Labute approximate surface area is 379 Å². The summed E-state index contributed by atoms with van der Waals surface area (Å²) in [6, 6.07) is 0. The third-order valence-corrected chi connectivity index (χ3v) is 9.04. The quantitative estimate of drug-likeness (QED) is 0.0378. The molecule has 1 unspecified atom stereocenters. The number of carbonyl (C=O) groups excluding carboxylic acids is 2. The molecule has 0 aliphatic carbocycles. The van der Waals surface area contributed by atoms with Crippen LogP contribution >= 0.6 is 0 Å². The molecule has 0 bridgehead atoms. The molecule has 0 heterocycles. The van der Waals surface area contributed by atoms with Crippen molar-refractivity contribution in [2.24, 2.45) is 0 Å². The highest BCUT2D eigenvalue weighted by Crippen LogP contribution is 2.10. The molecule has 0 saturated heterocycles. The van der Waals surface area contributed by atoms with Gasteiger partial charge in [-0.05, 0) is 109 Å². The molecule has 0 spiro atoms. The molecule has 0 fully saturated rings. The summed E-state index contributed by atoms with van der Waals surface area (Å²) in [7, 11) is 0. The van der Waals surface area contributed by atoms with Crippen molar-refractivity contribution >= 4 is 11.9 Å². The van der Waals surface area contributed by atoms with Gasteiger partial charge in [-0.3, -0.25) is 9.59 Å². The molecule has 1 atom stereocenters. The largest absolute Gasteiger partial charge is 0.461 e. The van der Waals surface area contributed by atoms with Crippen molar-refractivity contribution in [3.8, 4) is 0 Å². The molecule has 0 aromatic carbocycles. The monoisotopic (exact) mass is 849 g/mol. The molecule has 62 heavy (non-hydrogen) atoms. The highest BCUT2D eigenvalue weighted by Gasteiger charge is 2.15. The molecule has 0 aromatic rings. The van der Waals surface area contributed by atoms with Crippen LogP contribution in [-0.4, -0.2) is 36.4 Å². The Morgan fingerprint density at radius 2 is 0.694 bits per heavy atom. The van der Waals surface area contributed by atoms with Gasteiger partial charge in [0.15, 0.2) is 6.10 Å². The highest BCUT2D eigenvalue weighted by molar-refractivity contribution is 5.71. The van der Waals surface area contributed by atoms with E-state index in [0.717, 1.165) is 128 Å². The first-order valence-electron chi connectivity index (χ1n) is 23.7. The van der Waals surface area contributed by atoms with E-state index in [9.17, 15) is 14.7 Å². The van der Waals surface area contributed by atoms with Gasteiger partial charge in [-0.2, -0.15) is 0 Å². The Hall–Kier alpha value is -4.74. The van der Waals surface area contributed by atoms with Crippen molar-refractivity contribution in [2.45, 2.75) is 161 Å². The van der Waals surface area contributed by atoms with E-state index in [-0.39, 0.29) is 25.6 Å². The van der Waals surface area contributed by atoms with E-state index in [0.29, 0.717) is 6.42 Å². The Bertz CT molecular complexity index is 1470. The van der Waals surface area contributed by atoms with Crippen molar-refractivity contribution in [2.75, 3.05) is 13.2 Å². The number of esters is 2. The van der Waals surface area contributed by atoms with Crippen LogP contribution in [0.15, 0.2) is 170 Å². The molecule has 0 aromatic heterocycles. The number of hydrogen-bond acceptors (Lipinski definition) is 5. The SMILES string of the molecule is CC/C=C\C/C=C\C/C=C\C/C=C\C/C=C\C/C=C\C/C=C\C/C=C\C/C=C\CCCCCCCC(=O)OC(CO)COC(=O)C/C=C\C/C=C\C/C=C\C/C=C\C/C=C\CC. The number of unbranched alkanes of at least 4 members (excludes halogenated alkanes) is 5. The van der Waals surface area contributed by atoms with Crippen LogP contribution < -0.4 is 0 Å². The molecule has 0 amide bonds. The van der Waals surface area contributed by atoms with Gasteiger partial charge in [0.1, 0.15) is 6.61 Å². The van der Waals surface area contributed by atoms with Gasteiger partial charge in [0, 0.05) is 6.42 Å². The zero-order chi connectivity index (χ0) is 44.9. The number of rotatable bonds is 40. The van der Waals surface area contributed by atoms with E-state index in [1.807, 2.05) is 6.08 Å². The molecule has 1 N–H and O–H groups in total. The second-order valence-electron chi connectivity index (χ2n) is 14.7. The molecule has 0 radical (unpaired) electrons. The van der Waals surface area contributed by atoms with Crippen LogP contribution in [-0.2, 0) is 19.1 Å². The molecule has 5 nitrogen and oxygen atoms in total. The number of aliphatic hydroxyl groups is 1. The van der Waals surface area contributed by atoms with Crippen molar-refractivity contribution in [3.63, 3.8) is 0 Å². The summed E-state index contributed by atoms with van der Waals surface area (Å²) in [6.07, 6.45) is 80.3. The van der Waals surface area contributed by atoms with Crippen molar-refractivity contribution < 1.29 is 24.2 Å². The molecule has 0 aliphatic rings. The van der Waals surface area contributed by atoms with Crippen LogP contribution in [0.5, 0.6) is 0 Å². The summed E-state index contributed by atoms with van der Waals surface area (Å²) in [6.45, 7) is 3.77. The maximum Gasteiger partial charge on any atom is 0.309 e. The minimum atomic E-state index is -0.836. The summed E-state index contributed by atoms with van der Waals surface area (Å²) in [5.41, 5.74) is 0. The maximum atomic E-state index is 12.2. The molecule has 0 aliphatic heterocycles. The third-order valence-electron chi connectivity index (χ3n) is 9.04. The van der Waals surface area contributed by atoms with Gasteiger partial charge in [0.2, 0.25) is 0 Å². The standard InChI is InChI=1S/C57H84O5/c1-3-5-7-9-11-13-15-17-19-20-21-22-23-24-25-26-27-28-29-30-31-32-33-34-35-36-38-40-42-44-46-48-50-52-57(60)62-55(53-58)54-61-56(59)51-49-47-45-43-41-39-37-18-16-14-12-10-8-6-4-2/h5-8,11-14,17-19,21-22,24-25,27-28,30-31,33-34,36-38,41,43,47,49,55,58H,3-4,9-10,15-16,20,23,26,29,32,35,39-40,42,44-46,48,50-54H2,1-2H3/b7-5-,8-6-,13-11-,14-12-,19-17-,22-21-,25-24-,28-27-,31-30-,34-33-,37-18-,38-36-,43-41-,49-47-. The number of allylic oxidation sites excluding steroid dienone is 27. The summed E-state index contributed by atoms with van der Waals surface area (Å²) in [5.74, 6) is -0.780. The molecule has 0 rings (SSSR count). The number of hydrogen-bond donors (Lipinski definition) is 1. The fourth-order valence-electron chi connectivity index (χ4n) is 5.56. The van der Waals surface area contributed by atoms with Gasteiger partial charge >= 0.3 is 11.9 Å². The molecule has 342 valence electrons. The predicted molar refractivity (Wildman–Crippen MR) is 269 cm³/mol. The minimum absolute atomic E-state index is 0.136. The molecule has 5 heteroatoms. The Kier molecular flexibility index (Phi) is 46.7. The van der Waals surface area contributed by atoms with Crippen molar-refractivity contribution in [3.05, 3.63) is 170 Å². The van der Waals surface area contributed by atoms with Gasteiger partial charge in [-0.1, -0.05) is 203 Å². The van der Waals surface area contributed by atoms with E-state index >= 15 is 0 Å². The Balaban J connectivity index is 3.75. The number of aliphatic hydroxyl groups excluding tert-OH is 1. The van der Waals surface area contributed by atoms with E-state index < -0.39 is 12.1 Å². The lowest BCUT2D eigenvalue weighted by Gasteiger charge is -2.15. The zero-order valence-electron chi connectivity index (χ0n) is 38.8. The predicted octanol–water partition coefficient (Wildman–Crippen LogP) is 15.8. The van der Waals surface area contributed by atoms with Crippen LogP contribution in [0.1, 0.15) is 155 Å². The van der Waals surface area contributed by atoms with Crippen LogP contribution in [0.4, 0.5) is 0 Å². The minimum Gasteiger partial charge on any atom is -0.461 e. The lowest BCUT2D eigenvalue weighted by molar-refractivity contribution is -0.161. The average Bonchev–Trinajstić information content (AvgIpc) is 3.28. The lowest BCUT2D eigenvalue weighted by Crippen LogP contribution is -2.28. The van der Waals surface area contributed by atoms with Crippen LogP contribution in [0.3, 0.4) is 0 Å². The Morgan fingerprint density at radius 1 is 0.387 bits per heavy atom. The molecule has 0 saturated carbocycles. The fraction of sp³-hybridized carbons (Fsp3) is 0.474. The molecular formula is C57H84O5. The zero-order valence-corrected chi connectivity index (χ0v) is 38.8. The van der Waals surface area contributed by atoms with Gasteiger partial charge in [-0.15, -0.1) is 0 Å². The van der Waals surface area contributed by atoms with E-state index in [4.69, 9.17) is 9.47 Å². The average molecular weight is 849 g/mol. The maximum absolute atomic E-state index is 12.2. The first kappa shape index (κ1) is 57.3. The first-order valence-corrected chi connectivity index (χ1v) is 23.7. The van der Waals surface area contributed by atoms with E-state index in [1.54, 1.807) is 6.08 Å². The summed E-state index contributed by atoms with van der Waals surface area (Å²) < 4.78 is 10.5. The topological polar surface area (TPSA) is 72.8 Å². The summed E-state index contributed by atoms with van der Waals surface area (Å²) in [4.78, 5) is 24.3. The Morgan fingerprint density at radius 3 is 1.05 bits per heavy atom. The van der Waals surface area contributed by atoms with E-state index in [2.05, 4.69) is 172 Å². The van der Waals surface area contributed by atoms with Crippen LogP contribution in [0, 0.1) is 0 Å².